The van der Waals surface area contributed by atoms with Crippen molar-refractivity contribution in [3.05, 3.63) is 95.6 Å². The Balaban J connectivity index is 2.01. The van der Waals surface area contributed by atoms with Gasteiger partial charge in [0.2, 0.25) is 21.8 Å². The lowest BCUT2D eigenvalue weighted by molar-refractivity contribution is -0.141. The van der Waals surface area contributed by atoms with E-state index in [2.05, 4.69) is 5.32 Å². The van der Waals surface area contributed by atoms with Crippen molar-refractivity contribution in [1.82, 2.24) is 14.5 Å². The van der Waals surface area contributed by atoms with Crippen LogP contribution in [0.3, 0.4) is 0 Å². The number of carbonyl (C=O) groups excluding carboxylic acids is 2. The molecule has 9 heteroatoms. The molecule has 0 aliphatic rings. The first-order valence-electron chi connectivity index (χ1n) is 13.1. The number of hydrogen-bond donors (Lipinski definition) is 1. The summed E-state index contributed by atoms with van der Waals surface area (Å²) in [5.41, 5.74) is 2.01. The molecule has 3 rings (SSSR count). The van der Waals surface area contributed by atoms with E-state index in [0.717, 1.165) is 21.0 Å². The summed E-state index contributed by atoms with van der Waals surface area (Å²) in [5.74, 6) is -0.203. The molecule has 0 heterocycles. The molecule has 0 saturated carbocycles. The van der Waals surface area contributed by atoms with Crippen LogP contribution >= 0.6 is 0 Å². The zero-order valence-corrected chi connectivity index (χ0v) is 24.9. The van der Waals surface area contributed by atoms with E-state index in [0.29, 0.717) is 5.75 Å². The summed E-state index contributed by atoms with van der Waals surface area (Å²) in [7, 11) is -1.01. The predicted octanol–water partition coefficient (Wildman–Crippen LogP) is 4.18. The number of methoxy groups -OCH3 is 1. The van der Waals surface area contributed by atoms with Gasteiger partial charge < -0.3 is 15.0 Å². The number of sulfonamides is 1. The van der Waals surface area contributed by atoms with Crippen LogP contribution in [0, 0.1) is 6.92 Å². The average molecular weight is 566 g/mol. The Bertz CT molecular complexity index is 1400. The van der Waals surface area contributed by atoms with Crippen molar-refractivity contribution in [3.63, 3.8) is 0 Å². The highest BCUT2D eigenvalue weighted by molar-refractivity contribution is 7.89. The SMILES string of the molecule is COc1cccc(CN(C(=O)CN(C)S(=O)(=O)c2ccc(C)cc2)[C@@H](Cc2ccccc2)C(=O)NC(C)(C)C)c1. The highest BCUT2D eigenvalue weighted by atomic mass is 32.2. The Hall–Kier alpha value is -3.69. The van der Waals surface area contributed by atoms with E-state index in [9.17, 15) is 18.0 Å². The van der Waals surface area contributed by atoms with Crippen LogP contribution in [0.2, 0.25) is 0 Å². The molecule has 0 radical (unpaired) electrons. The topological polar surface area (TPSA) is 96.0 Å². The van der Waals surface area contributed by atoms with Gasteiger partial charge in [0.1, 0.15) is 11.8 Å². The van der Waals surface area contributed by atoms with Crippen LogP contribution in [-0.2, 0) is 32.6 Å². The lowest BCUT2D eigenvalue weighted by Crippen LogP contribution is -2.56. The van der Waals surface area contributed by atoms with E-state index < -0.39 is 34.1 Å². The molecule has 0 aliphatic carbocycles. The minimum Gasteiger partial charge on any atom is -0.497 e. The third-order valence-corrected chi connectivity index (χ3v) is 8.16. The molecule has 1 atom stereocenters. The number of carbonyl (C=O) groups is 2. The molecule has 1 N–H and O–H groups in total. The number of likely N-dealkylation sites (N-methyl/N-ethyl adjacent to an activating group) is 1. The summed E-state index contributed by atoms with van der Waals surface area (Å²) in [5, 5.41) is 3.01. The molecule has 214 valence electrons. The van der Waals surface area contributed by atoms with Crippen molar-refractivity contribution in [1.29, 1.82) is 0 Å². The lowest BCUT2D eigenvalue weighted by atomic mass is 10.0. The van der Waals surface area contributed by atoms with Crippen molar-refractivity contribution in [2.75, 3.05) is 20.7 Å². The maximum atomic E-state index is 14.0. The molecule has 0 saturated heterocycles. The number of rotatable bonds is 11. The van der Waals surface area contributed by atoms with Gasteiger partial charge in [0, 0.05) is 25.6 Å². The maximum Gasteiger partial charge on any atom is 0.243 e. The van der Waals surface area contributed by atoms with Gasteiger partial charge in [-0.2, -0.15) is 4.31 Å². The number of hydrogen-bond acceptors (Lipinski definition) is 5. The zero-order chi connectivity index (χ0) is 29.5. The molecule has 8 nitrogen and oxygen atoms in total. The third-order valence-electron chi connectivity index (χ3n) is 6.34. The van der Waals surface area contributed by atoms with Gasteiger partial charge in [-0.1, -0.05) is 60.2 Å². The Morgan fingerprint density at radius 3 is 2.15 bits per heavy atom. The maximum absolute atomic E-state index is 14.0. The van der Waals surface area contributed by atoms with E-state index in [4.69, 9.17) is 4.74 Å². The standard InChI is InChI=1S/C31H39N3O5S/c1-23-15-17-27(18-16-23)40(37,38)33(5)22-29(35)34(21-25-13-10-14-26(19-25)39-6)28(30(36)32-31(2,3)4)20-24-11-8-7-9-12-24/h7-19,28H,20-22H2,1-6H3,(H,32,36)/t28-/m0/s1. The summed E-state index contributed by atoms with van der Waals surface area (Å²) >= 11 is 0. The Labute approximate surface area is 238 Å². The molecular weight excluding hydrogens is 526 g/mol. The Morgan fingerprint density at radius 1 is 0.925 bits per heavy atom. The van der Waals surface area contributed by atoms with E-state index in [1.165, 1.54) is 24.1 Å². The van der Waals surface area contributed by atoms with Crippen LogP contribution in [0.25, 0.3) is 0 Å². The van der Waals surface area contributed by atoms with Crippen LogP contribution < -0.4 is 10.1 Å². The average Bonchev–Trinajstić information content (AvgIpc) is 2.90. The van der Waals surface area contributed by atoms with Crippen LogP contribution in [0.1, 0.15) is 37.5 Å². The van der Waals surface area contributed by atoms with Crippen molar-refractivity contribution in [3.8, 4) is 5.75 Å². The number of amides is 2. The number of nitrogens with one attached hydrogen (secondary N) is 1. The molecule has 0 spiro atoms. The fourth-order valence-electron chi connectivity index (χ4n) is 4.23. The first-order chi connectivity index (χ1) is 18.8. The molecule has 3 aromatic carbocycles. The Morgan fingerprint density at radius 2 is 1.55 bits per heavy atom. The number of nitrogens with zero attached hydrogens (tertiary/aromatic N) is 2. The summed E-state index contributed by atoms with van der Waals surface area (Å²) in [6.45, 7) is 7.15. The van der Waals surface area contributed by atoms with Gasteiger partial charge in [-0.15, -0.1) is 0 Å². The van der Waals surface area contributed by atoms with Crippen LogP contribution in [0.15, 0.2) is 83.8 Å². The normalized spacial score (nSPS) is 12.6. The van der Waals surface area contributed by atoms with Crippen molar-refractivity contribution in [2.45, 2.75) is 57.1 Å². The van der Waals surface area contributed by atoms with E-state index in [-0.39, 0.29) is 23.8 Å². The molecule has 3 aromatic rings. The fourth-order valence-corrected chi connectivity index (χ4v) is 5.35. The zero-order valence-electron chi connectivity index (χ0n) is 24.0. The highest BCUT2D eigenvalue weighted by Crippen LogP contribution is 2.21. The van der Waals surface area contributed by atoms with Crippen molar-refractivity contribution >= 4 is 21.8 Å². The Kier molecular flexibility index (Phi) is 10.1. The summed E-state index contributed by atoms with van der Waals surface area (Å²) in [6, 6.07) is 22.3. The fraction of sp³-hybridized carbons (Fsp3) is 0.355. The lowest BCUT2D eigenvalue weighted by Gasteiger charge is -2.34. The van der Waals surface area contributed by atoms with E-state index in [1.807, 2.05) is 70.2 Å². The highest BCUT2D eigenvalue weighted by Gasteiger charge is 2.34. The van der Waals surface area contributed by atoms with Gasteiger partial charge in [-0.3, -0.25) is 9.59 Å². The largest absolute Gasteiger partial charge is 0.497 e. The van der Waals surface area contributed by atoms with Crippen molar-refractivity contribution in [2.24, 2.45) is 0 Å². The van der Waals surface area contributed by atoms with Crippen LogP contribution in [-0.4, -0.2) is 61.7 Å². The summed E-state index contributed by atoms with van der Waals surface area (Å²) < 4.78 is 33.0. The molecular formula is C31H39N3O5S. The monoisotopic (exact) mass is 565 g/mol. The number of benzene rings is 3. The number of aryl methyl sites for hydroxylation is 1. The second-order valence-electron chi connectivity index (χ2n) is 10.9. The smallest absolute Gasteiger partial charge is 0.243 e. The van der Waals surface area contributed by atoms with Gasteiger partial charge in [0.05, 0.1) is 18.6 Å². The van der Waals surface area contributed by atoms with Gasteiger partial charge in [0.15, 0.2) is 0 Å². The first kappa shape index (κ1) is 30.8. The van der Waals surface area contributed by atoms with Gasteiger partial charge in [-0.25, -0.2) is 8.42 Å². The van der Waals surface area contributed by atoms with Gasteiger partial charge in [-0.05, 0) is 63.1 Å². The predicted molar refractivity (Wildman–Crippen MR) is 156 cm³/mol. The summed E-state index contributed by atoms with van der Waals surface area (Å²) in [6.07, 6.45) is 0.257. The van der Waals surface area contributed by atoms with Crippen LogP contribution in [0.4, 0.5) is 0 Å². The molecule has 0 aromatic heterocycles. The minimum atomic E-state index is -3.94. The second kappa shape index (κ2) is 13.1. The molecule has 40 heavy (non-hydrogen) atoms. The number of ether oxygens (including phenoxy) is 1. The quantitative estimate of drug-likeness (QED) is 0.376. The third kappa shape index (κ3) is 8.40. The molecule has 2 amide bonds. The molecule has 0 unspecified atom stereocenters. The first-order valence-corrected chi connectivity index (χ1v) is 14.6. The van der Waals surface area contributed by atoms with Gasteiger partial charge >= 0.3 is 0 Å². The van der Waals surface area contributed by atoms with E-state index in [1.54, 1.807) is 31.4 Å². The van der Waals surface area contributed by atoms with Crippen molar-refractivity contribution < 1.29 is 22.7 Å². The van der Waals surface area contributed by atoms with E-state index >= 15 is 0 Å². The molecule has 0 bridgehead atoms. The minimum absolute atomic E-state index is 0.0868. The molecule has 0 fully saturated rings. The summed E-state index contributed by atoms with van der Waals surface area (Å²) in [4.78, 5) is 29.2. The second-order valence-corrected chi connectivity index (χ2v) is 12.9. The molecule has 0 aliphatic heterocycles. The van der Waals surface area contributed by atoms with Gasteiger partial charge in [0.25, 0.3) is 0 Å². The van der Waals surface area contributed by atoms with Crippen LogP contribution in [0.5, 0.6) is 5.75 Å².